The molecular formula is C18H15Cl5N4O2S. The van der Waals surface area contributed by atoms with Crippen molar-refractivity contribution in [1.29, 1.82) is 0 Å². The minimum atomic E-state index is -1.93. The van der Waals surface area contributed by atoms with E-state index in [4.69, 9.17) is 70.2 Å². The van der Waals surface area contributed by atoms with E-state index < -0.39 is 15.9 Å². The highest BCUT2D eigenvalue weighted by molar-refractivity contribution is 7.80. The number of anilines is 2. The van der Waals surface area contributed by atoms with Crippen LogP contribution >= 0.6 is 70.2 Å². The van der Waals surface area contributed by atoms with Crippen LogP contribution in [0.25, 0.3) is 0 Å². The van der Waals surface area contributed by atoms with E-state index in [9.17, 15) is 9.59 Å². The summed E-state index contributed by atoms with van der Waals surface area (Å²) in [6, 6.07) is 11.1. The van der Waals surface area contributed by atoms with Gasteiger partial charge in [0.05, 0.1) is 10.6 Å². The molecule has 0 aliphatic heterocycles. The van der Waals surface area contributed by atoms with Crippen LogP contribution in [0.5, 0.6) is 0 Å². The summed E-state index contributed by atoms with van der Waals surface area (Å²) >= 11 is 35.1. The van der Waals surface area contributed by atoms with Crippen molar-refractivity contribution in [2.24, 2.45) is 0 Å². The number of amides is 2. The van der Waals surface area contributed by atoms with Crippen LogP contribution in [0.2, 0.25) is 10.0 Å². The summed E-state index contributed by atoms with van der Waals surface area (Å²) in [6.07, 6.45) is -1.18. The van der Waals surface area contributed by atoms with Gasteiger partial charge in [-0.3, -0.25) is 9.59 Å². The molecule has 0 aliphatic rings. The second-order valence-electron chi connectivity index (χ2n) is 5.93. The third-order valence-corrected chi connectivity index (χ3v) is 4.94. The van der Waals surface area contributed by atoms with Gasteiger partial charge in [-0.1, -0.05) is 58.0 Å². The smallest absolute Gasteiger partial charge is 0.254 e. The zero-order valence-electron chi connectivity index (χ0n) is 15.2. The number of halogens is 5. The largest absolute Gasteiger partial charge is 0.339 e. The van der Waals surface area contributed by atoms with Gasteiger partial charge in [-0.15, -0.1) is 0 Å². The number of carbonyl (C=O) groups excluding carboxylic acids is 2. The van der Waals surface area contributed by atoms with Gasteiger partial charge in [0.15, 0.2) is 5.11 Å². The summed E-state index contributed by atoms with van der Waals surface area (Å²) < 4.78 is -1.93. The molecule has 30 heavy (non-hydrogen) atoms. The number of rotatable bonds is 5. The first kappa shape index (κ1) is 24.8. The van der Waals surface area contributed by atoms with Crippen LogP contribution in [0.15, 0.2) is 42.5 Å². The van der Waals surface area contributed by atoms with Gasteiger partial charge in [-0.25, -0.2) is 0 Å². The van der Waals surface area contributed by atoms with E-state index in [2.05, 4.69) is 21.3 Å². The van der Waals surface area contributed by atoms with Gasteiger partial charge in [-0.05, 0) is 54.7 Å². The van der Waals surface area contributed by atoms with Crippen LogP contribution in [-0.2, 0) is 4.79 Å². The molecule has 1 unspecified atom stereocenters. The molecule has 2 rings (SSSR count). The zero-order valence-corrected chi connectivity index (χ0v) is 19.8. The van der Waals surface area contributed by atoms with Gasteiger partial charge >= 0.3 is 0 Å². The molecule has 2 amide bonds. The Bertz CT molecular complexity index is 951. The average molecular weight is 529 g/mol. The van der Waals surface area contributed by atoms with E-state index in [1.807, 2.05) is 0 Å². The van der Waals surface area contributed by atoms with Crippen LogP contribution in [0.1, 0.15) is 17.3 Å². The highest BCUT2D eigenvalue weighted by Gasteiger charge is 2.35. The number of hydrogen-bond donors (Lipinski definition) is 4. The summed E-state index contributed by atoms with van der Waals surface area (Å²) in [5, 5.41) is 11.4. The van der Waals surface area contributed by atoms with Gasteiger partial charge in [0.2, 0.25) is 9.70 Å². The Kier molecular flexibility index (Phi) is 8.85. The van der Waals surface area contributed by atoms with Crippen LogP contribution in [0, 0.1) is 0 Å². The Balaban J connectivity index is 2.06. The summed E-state index contributed by atoms with van der Waals surface area (Å²) in [6.45, 7) is 1.41. The lowest BCUT2D eigenvalue weighted by atomic mass is 10.2. The standard InChI is InChI=1S/C18H15Cl5N4O2S/c1-9(28)24-11-3-5-12(6-4-11)25-17(30)27-16(18(21,22)23)26-15(29)13-7-2-10(19)8-14(13)20/h2-8,16H,1H3,(H,24,28)(H,26,29)(H2,25,27,30). The first-order valence-electron chi connectivity index (χ1n) is 8.23. The Morgan fingerprint density at radius 3 is 2.00 bits per heavy atom. The predicted octanol–water partition coefficient (Wildman–Crippen LogP) is 5.36. The maximum Gasteiger partial charge on any atom is 0.254 e. The molecule has 0 saturated carbocycles. The molecule has 2 aromatic carbocycles. The Labute approximate surface area is 203 Å². The minimum absolute atomic E-state index is 0.0844. The second-order valence-corrected chi connectivity index (χ2v) is 9.55. The Morgan fingerprint density at radius 2 is 1.50 bits per heavy atom. The zero-order chi connectivity index (χ0) is 22.5. The average Bonchev–Trinajstić information content (AvgIpc) is 2.61. The first-order valence-corrected chi connectivity index (χ1v) is 10.5. The summed E-state index contributed by atoms with van der Waals surface area (Å²) in [7, 11) is 0. The van der Waals surface area contributed by atoms with Crippen molar-refractivity contribution >= 4 is 98.5 Å². The third-order valence-electron chi connectivity index (χ3n) is 3.52. The van der Waals surface area contributed by atoms with Crippen molar-refractivity contribution < 1.29 is 9.59 Å². The summed E-state index contributed by atoms with van der Waals surface area (Å²) in [4.78, 5) is 23.6. The normalized spacial score (nSPS) is 11.9. The van der Waals surface area contributed by atoms with Gasteiger partial charge in [0.25, 0.3) is 5.91 Å². The van der Waals surface area contributed by atoms with Crippen molar-refractivity contribution in [2.45, 2.75) is 16.9 Å². The topological polar surface area (TPSA) is 82.3 Å². The van der Waals surface area contributed by atoms with Crippen molar-refractivity contribution in [3.05, 3.63) is 58.1 Å². The second kappa shape index (κ2) is 10.7. The minimum Gasteiger partial charge on any atom is -0.339 e. The van der Waals surface area contributed by atoms with E-state index >= 15 is 0 Å². The lowest BCUT2D eigenvalue weighted by Gasteiger charge is -2.28. The molecular weight excluding hydrogens is 514 g/mol. The molecule has 0 aliphatic carbocycles. The highest BCUT2D eigenvalue weighted by Crippen LogP contribution is 2.30. The fourth-order valence-electron chi connectivity index (χ4n) is 2.22. The summed E-state index contributed by atoms with van der Waals surface area (Å²) in [5.74, 6) is -0.780. The van der Waals surface area contributed by atoms with Gasteiger partial charge in [0.1, 0.15) is 6.17 Å². The van der Waals surface area contributed by atoms with E-state index in [1.165, 1.54) is 25.1 Å². The molecule has 0 aromatic heterocycles. The fraction of sp³-hybridized carbons (Fsp3) is 0.167. The molecule has 0 radical (unpaired) electrons. The SMILES string of the molecule is CC(=O)Nc1ccc(NC(=S)NC(NC(=O)c2ccc(Cl)cc2Cl)C(Cl)(Cl)Cl)cc1. The van der Waals surface area contributed by atoms with E-state index in [1.54, 1.807) is 24.3 Å². The predicted molar refractivity (Wildman–Crippen MR) is 128 cm³/mol. The Hall–Kier alpha value is -1.48. The quantitative estimate of drug-likeness (QED) is 0.239. The fourth-order valence-corrected chi connectivity index (χ4v) is 3.28. The first-order chi connectivity index (χ1) is 14.0. The maximum atomic E-state index is 12.5. The molecule has 160 valence electrons. The number of thiocarbonyl (C=S) groups is 1. The molecule has 0 saturated heterocycles. The molecule has 6 nitrogen and oxygen atoms in total. The van der Waals surface area contributed by atoms with Gasteiger partial charge in [0, 0.05) is 23.3 Å². The van der Waals surface area contributed by atoms with Crippen LogP contribution in [0.4, 0.5) is 11.4 Å². The number of benzene rings is 2. The molecule has 0 bridgehead atoms. The monoisotopic (exact) mass is 526 g/mol. The number of hydrogen-bond acceptors (Lipinski definition) is 3. The molecule has 1 atom stereocenters. The van der Waals surface area contributed by atoms with Crippen LogP contribution in [-0.4, -0.2) is 26.9 Å². The number of carbonyl (C=O) groups is 2. The molecule has 0 fully saturated rings. The summed E-state index contributed by atoms with van der Waals surface area (Å²) in [5.41, 5.74) is 1.38. The maximum absolute atomic E-state index is 12.5. The Morgan fingerprint density at radius 1 is 0.933 bits per heavy atom. The molecule has 0 heterocycles. The number of nitrogens with one attached hydrogen (secondary N) is 4. The molecule has 0 spiro atoms. The highest BCUT2D eigenvalue weighted by atomic mass is 35.6. The van der Waals surface area contributed by atoms with Crippen molar-refractivity contribution in [2.75, 3.05) is 10.6 Å². The molecule has 12 heteroatoms. The van der Waals surface area contributed by atoms with E-state index in [0.717, 1.165) is 0 Å². The molecule has 4 N–H and O–H groups in total. The lowest BCUT2D eigenvalue weighted by Crippen LogP contribution is -2.56. The lowest BCUT2D eigenvalue weighted by molar-refractivity contribution is -0.114. The van der Waals surface area contributed by atoms with Gasteiger partial charge in [-0.2, -0.15) is 0 Å². The molecule has 2 aromatic rings. The van der Waals surface area contributed by atoms with Crippen LogP contribution < -0.4 is 21.3 Å². The van der Waals surface area contributed by atoms with Crippen molar-refractivity contribution in [3.8, 4) is 0 Å². The van der Waals surface area contributed by atoms with Crippen molar-refractivity contribution in [1.82, 2.24) is 10.6 Å². The van der Waals surface area contributed by atoms with Crippen molar-refractivity contribution in [3.63, 3.8) is 0 Å². The number of alkyl halides is 3. The van der Waals surface area contributed by atoms with E-state index in [-0.39, 0.29) is 21.6 Å². The van der Waals surface area contributed by atoms with Gasteiger partial charge < -0.3 is 21.3 Å². The third kappa shape index (κ3) is 7.65. The van der Waals surface area contributed by atoms with E-state index in [0.29, 0.717) is 16.4 Å². The van der Waals surface area contributed by atoms with Crippen LogP contribution in [0.3, 0.4) is 0 Å².